The predicted molar refractivity (Wildman–Crippen MR) is 85.0 cm³/mol. The van der Waals surface area contributed by atoms with Crippen LogP contribution < -0.4 is 10.6 Å². The van der Waals surface area contributed by atoms with Gasteiger partial charge in [-0.25, -0.2) is 9.97 Å². The fourth-order valence-corrected chi connectivity index (χ4v) is 2.29. The van der Waals surface area contributed by atoms with Crippen LogP contribution in [0.5, 0.6) is 0 Å². The third-order valence-corrected chi connectivity index (χ3v) is 3.57. The molecule has 0 radical (unpaired) electrons. The topological polar surface area (TPSA) is 58.3 Å². The van der Waals surface area contributed by atoms with E-state index in [1.54, 1.807) is 0 Å². The van der Waals surface area contributed by atoms with Gasteiger partial charge in [-0.1, -0.05) is 13.8 Å². The minimum Gasteiger partial charge on any atom is -0.341 e. The van der Waals surface area contributed by atoms with Crippen molar-refractivity contribution in [2.45, 2.75) is 40.7 Å². The van der Waals surface area contributed by atoms with E-state index >= 15 is 0 Å². The van der Waals surface area contributed by atoms with Crippen LogP contribution in [0.15, 0.2) is 6.07 Å². The maximum atomic E-state index is 5.69. The molecule has 0 aromatic carbocycles. The summed E-state index contributed by atoms with van der Waals surface area (Å²) in [5, 5.41) is 0. The van der Waals surface area contributed by atoms with Crippen molar-refractivity contribution in [3.05, 3.63) is 17.5 Å². The average Bonchev–Trinajstić information content (AvgIpc) is 2.47. The second-order valence-corrected chi connectivity index (χ2v) is 4.96. The Morgan fingerprint density at radius 3 is 2.30 bits per heavy atom. The first kappa shape index (κ1) is 16.9. The first-order chi connectivity index (χ1) is 9.64. The van der Waals surface area contributed by atoms with Crippen molar-refractivity contribution in [1.29, 1.82) is 0 Å². The van der Waals surface area contributed by atoms with Crippen molar-refractivity contribution in [2.24, 2.45) is 5.73 Å². The molecular weight excluding hydrogens is 250 g/mol. The van der Waals surface area contributed by atoms with Gasteiger partial charge >= 0.3 is 0 Å². The molecule has 5 heteroatoms. The summed E-state index contributed by atoms with van der Waals surface area (Å²) in [5.41, 5.74) is 7.59. The molecule has 0 fully saturated rings. The molecule has 0 unspecified atom stereocenters. The molecule has 5 nitrogen and oxygen atoms in total. The highest BCUT2D eigenvalue weighted by molar-refractivity contribution is 5.32. The van der Waals surface area contributed by atoms with Gasteiger partial charge in [-0.15, -0.1) is 0 Å². The van der Waals surface area contributed by atoms with Gasteiger partial charge in [-0.3, -0.25) is 0 Å². The molecule has 0 aliphatic rings. The Labute approximate surface area is 123 Å². The average molecular weight is 279 g/mol. The van der Waals surface area contributed by atoms with Crippen LogP contribution in [0.25, 0.3) is 0 Å². The van der Waals surface area contributed by atoms with Crippen LogP contribution in [-0.4, -0.2) is 47.6 Å². The Balaban J connectivity index is 2.64. The first-order valence-corrected chi connectivity index (χ1v) is 7.66. The molecule has 0 aliphatic carbocycles. The predicted octanol–water partition coefficient (Wildman–Crippen LogP) is 1.80. The summed E-state index contributed by atoms with van der Waals surface area (Å²) in [6.07, 6.45) is 1.13. The fourth-order valence-electron chi connectivity index (χ4n) is 2.29. The number of nitrogens with zero attached hydrogens (tertiary/aromatic N) is 4. The van der Waals surface area contributed by atoms with E-state index in [9.17, 15) is 0 Å². The van der Waals surface area contributed by atoms with Crippen LogP contribution in [0.2, 0.25) is 0 Å². The summed E-state index contributed by atoms with van der Waals surface area (Å²) >= 11 is 0. The lowest BCUT2D eigenvalue weighted by Gasteiger charge is -2.24. The van der Waals surface area contributed by atoms with E-state index in [0.29, 0.717) is 6.54 Å². The molecule has 0 bridgehead atoms. The number of hydrogen-bond acceptors (Lipinski definition) is 5. The molecule has 1 heterocycles. The Bertz CT molecular complexity index is 390. The molecule has 0 aliphatic heterocycles. The number of aromatic nitrogens is 2. The SMILES string of the molecule is CCN(CC)CCCN(CC)c1nc(C)cc(CN)n1. The summed E-state index contributed by atoms with van der Waals surface area (Å²) in [7, 11) is 0. The van der Waals surface area contributed by atoms with Crippen molar-refractivity contribution < 1.29 is 0 Å². The van der Waals surface area contributed by atoms with Crippen molar-refractivity contribution in [1.82, 2.24) is 14.9 Å². The molecule has 20 heavy (non-hydrogen) atoms. The third-order valence-electron chi connectivity index (χ3n) is 3.57. The number of rotatable bonds is 9. The molecule has 2 N–H and O–H groups in total. The Hall–Kier alpha value is -1.20. The van der Waals surface area contributed by atoms with E-state index in [1.807, 2.05) is 13.0 Å². The highest BCUT2D eigenvalue weighted by Gasteiger charge is 2.10. The normalized spacial score (nSPS) is 11.1. The standard InChI is InChI=1S/C15H29N5/c1-5-19(6-2)9-8-10-20(7-3)15-17-13(4)11-14(12-16)18-15/h11H,5-10,12,16H2,1-4H3. The van der Waals surface area contributed by atoms with E-state index < -0.39 is 0 Å². The number of aryl methyl sites for hydroxylation is 1. The van der Waals surface area contributed by atoms with E-state index in [0.717, 1.165) is 56.5 Å². The van der Waals surface area contributed by atoms with Gasteiger partial charge in [-0.05, 0) is 46.0 Å². The maximum absolute atomic E-state index is 5.69. The van der Waals surface area contributed by atoms with Gasteiger partial charge in [0.25, 0.3) is 0 Å². The lowest BCUT2D eigenvalue weighted by atomic mass is 10.3. The van der Waals surface area contributed by atoms with Gasteiger partial charge < -0.3 is 15.5 Å². The molecule has 0 saturated carbocycles. The number of hydrogen-bond donors (Lipinski definition) is 1. The largest absolute Gasteiger partial charge is 0.341 e. The number of nitrogens with two attached hydrogens (primary N) is 1. The van der Waals surface area contributed by atoms with Crippen LogP contribution in [0.4, 0.5) is 5.95 Å². The fraction of sp³-hybridized carbons (Fsp3) is 0.733. The number of anilines is 1. The minimum absolute atomic E-state index is 0.466. The molecule has 0 spiro atoms. The van der Waals surface area contributed by atoms with Crippen LogP contribution >= 0.6 is 0 Å². The third kappa shape index (κ3) is 5.06. The van der Waals surface area contributed by atoms with E-state index in [1.165, 1.54) is 0 Å². The summed E-state index contributed by atoms with van der Waals surface area (Å²) in [4.78, 5) is 13.7. The zero-order chi connectivity index (χ0) is 15.0. The van der Waals surface area contributed by atoms with E-state index in [2.05, 4.69) is 40.5 Å². The highest BCUT2D eigenvalue weighted by atomic mass is 15.2. The molecule has 0 amide bonds. The molecule has 0 atom stereocenters. The molecule has 114 valence electrons. The van der Waals surface area contributed by atoms with Gasteiger partial charge in [0.1, 0.15) is 0 Å². The zero-order valence-electron chi connectivity index (χ0n) is 13.4. The van der Waals surface area contributed by atoms with Crippen molar-refractivity contribution >= 4 is 5.95 Å². The van der Waals surface area contributed by atoms with Gasteiger partial charge in [0.2, 0.25) is 5.95 Å². The van der Waals surface area contributed by atoms with Crippen LogP contribution in [0.1, 0.15) is 38.6 Å². The van der Waals surface area contributed by atoms with Crippen LogP contribution in [-0.2, 0) is 6.54 Å². The molecular formula is C15H29N5. The smallest absolute Gasteiger partial charge is 0.225 e. The molecule has 1 aromatic heterocycles. The molecule has 1 rings (SSSR count). The minimum atomic E-state index is 0.466. The van der Waals surface area contributed by atoms with Gasteiger partial charge in [0.05, 0.1) is 5.69 Å². The Morgan fingerprint density at radius 2 is 1.75 bits per heavy atom. The summed E-state index contributed by atoms with van der Waals surface area (Å²) in [5.74, 6) is 0.812. The van der Waals surface area contributed by atoms with E-state index in [4.69, 9.17) is 5.73 Å². The van der Waals surface area contributed by atoms with Crippen LogP contribution in [0.3, 0.4) is 0 Å². The lowest BCUT2D eigenvalue weighted by Crippen LogP contribution is -2.31. The second-order valence-electron chi connectivity index (χ2n) is 4.96. The Kier molecular flexibility index (Phi) is 7.47. The maximum Gasteiger partial charge on any atom is 0.225 e. The molecule has 0 saturated heterocycles. The van der Waals surface area contributed by atoms with Gasteiger partial charge in [0, 0.05) is 25.3 Å². The quantitative estimate of drug-likeness (QED) is 0.747. The van der Waals surface area contributed by atoms with E-state index in [-0.39, 0.29) is 0 Å². The van der Waals surface area contributed by atoms with Crippen LogP contribution in [0, 0.1) is 6.92 Å². The molecule has 1 aromatic rings. The van der Waals surface area contributed by atoms with Crippen molar-refractivity contribution in [3.63, 3.8) is 0 Å². The zero-order valence-corrected chi connectivity index (χ0v) is 13.4. The van der Waals surface area contributed by atoms with Gasteiger partial charge in [-0.2, -0.15) is 0 Å². The second kappa shape index (κ2) is 8.87. The summed E-state index contributed by atoms with van der Waals surface area (Å²) in [6, 6.07) is 1.95. The summed E-state index contributed by atoms with van der Waals surface area (Å²) < 4.78 is 0. The van der Waals surface area contributed by atoms with Crippen molar-refractivity contribution in [3.8, 4) is 0 Å². The first-order valence-electron chi connectivity index (χ1n) is 7.66. The van der Waals surface area contributed by atoms with Crippen molar-refractivity contribution in [2.75, 3.05) is 37.6 Å². The monoisotopic (exact) mass is 279 g/mol. The summed E-state index contributed by atoms with van der Waals surface area (Å²) in [6.45, 7) is 14.3. The van der Waals surface area contributed by atoms with Gasteiger partial charge in [0.15, 0.2) is 0 Å². The Morgan fingerprint density at radius 1 is 1.05 bits per heavy atom. The lowest BCUT2D eigenvalue weighted by molar-refractivity contribution is 0.300. The highest BCUT2D eigenvalue weighted by Crippen LogP contribution is 2.10.